The van der Waals surface area contributed by atoms with E-state index in [0.29, 0.717) is 36.7 Å². The SMILES string of the molecule is CC/C=C\C/C=C\CC(O)/C=C/C=C\C/C=C\C/C=C\CCC(=O)O[C@H](COC(=O)CCCCCC/C=C\C/C=C\C/C=C\CCCCC)COP(=O)([O-])OCC[N+](C)(C)C. The number of phosphoric ester groups is 1. The zero-order valence-corrected chi connectivity index (χ0v) is 39.3. The van der Waals surface area contributed by atoms with Gasteiger partial charge >= 0.3 is 11.9 Å². The van der Waals surface area contributed by atoms with E-state index in [1.165, 1.54) is 25.7 Å². The number of unbranched alkanes of at least 4 members (excludes halogenated alkanes) is 7. The molecule has 3 atom stereocenters. The molecule has 61 heavy (non-hydrogen) atoms. The van der Waals surface area contributed by atoms with Crippen LogP contribution in [0.25, 0.3) is 0 Å². The molecule has 10 nitrogen and oxygen atoms in total. The Morgan fingerprint density at radius 3 is 1.80 bits per heavy atom. The fraction of sp³-hybridized carbons (Fsp3) is 0.600. The summed E-state index contributed by atoms with van der Waals surface area (Å²) in [4.78, 5) is 37.5. The second-order valence-corrected chi connectivity index (χ2v) is 17.3. The maximum atomic E-state index is 12.7. The number of esters is 2. The molecule has 0 aromatic rings. The molecule has 0 saturated carbocycles. The highest BCUT2D eigenvalue weighted by atomic mass is 31.2. The molecule has 0 heterocycles. The van der Waals surface area contributed by atoms with Gasteiger partial charge in [-0.3, -0.25) is 14.2 Å². The minimum Gasteiger partial charge on any atom is -0.756 e. The zero-order valence-electron chi connectivity index (χ0n) is 38.4. The second kappa shape index (κ2) is 40.7. The van der Waals surface area contributed by atoms with Crippen LogP contribution in [-0.4, -0.2) is 81.2 Å². The molecule has 2 unspecified atom stereocenters. The smallest absolute Gasteiger partial charge is 0.306 e. The van der Waals surface area contributed by atoms with E-state index in [0.717, 1.165) is 57.8 Å². The van der Waals surface area contributed by atoms with E-state index in [1.807, 2.05) is 69.8 Å². The number of nitrogens with zero attached hydrogens (tertiary/aromatic N) is 1. The number of carbonyl (C=O) groups excluding carboxylic acids is 2. The number of aliphatic hydroxyl groups is 1. The Morgan fingerprint density at radius 2 is 1.18 bits per heavy atom. The average molecular weight is 872 g/mol. The fourth-order valence-electron chi connectivity index (χ4n) is 5.30. The molecule has 0 aliphatic rings. The summed E-state index contributed by atoms with van der Waals surface area (Å²) in [5.41, 5.74) is 0. The summed E-state index contributed by atoms with van der Waals surface area (Å²) in [6.07, 6.45) is 51.6. The van der Waals surface area contributed by atoms with Gasteiger partial charge in [0.25, 0.3) is 7.82 Å². The number of quaternary nitrogens is 1. The Kier molecular flexibility index (Phi) is 38.4. The number of carbonyl (C=O) groups is 2. The van der Waals surface area contributed by atoms with Crippen LogP contribution in [-0.2, 0) is 32.7 Å². The van der Waals surface area contributed by atoms with Gasteiger partial charge in [-0.25, -0.2) is 0 Å². The molecule has 0 aliphatic carbocycles. The van der Waals surface area contributed by atoms with E-state index in [-0.39, 0.29) is 26.1 Å². The van der Waals surface area contributed by atoms with Gasteiger partial charge in [-0.1, -0.05) is 149 Å². The van der Waals surface area contributed by atoms with Crippen LogP contribution in [0.1, 0.15) is 136 Å². The number of rotatable bonds is 39. The summed E-state index contributed by atoms with van der Waals surface area (Å²) in [5.74, 6) is -1.00. The van der Waals surface area contributed by atoms with Crippen LogP contribution in [0.4, 0.5) is 0 Å². The predicted octanol–water partition coefficient (Wildman–Crippen LogP) is 11.5. The van der Waals surface area contributed by atoms with E-state index in [9.17, 15) is 24.2 Å². The Labute approximate surface area is 370 Å². The second-order valence-electron chi connectivity index (χ2n) is 15.9. The van der Waals surface area contributed by atoms with Gasteiger partial charge in [0.15, 0.2) is 6.10 Å². The van der Waals surface area contributed by atoms with Crippen molar-refractivity contribution >= 4 is 19.8 Å². The molecule has 0 spiro atoms. The van der Waals surface area contributed by atoms with Crippen LogP contribution >= 0.6 is 7.82 Å². The monoisotopic (exact) mass is 872 g/mol. The lowest BCUT2D eigenvalue weighted by Gasteiger charge is -2.28. The van der Waals surface area contributed by atoms with Crippen LogP contribution in [0.3, 0.4) is 0 Å². The molecular weight excluding hydrogens is 790 g/mol. The highest BCUT2D eigenvalue weighted by molar-refractivity contribution is 7.45. The largest absolute Gasteiger partial charge is 0.756 e. The van der Waals surface area contributed by atoms with Crippen molar-refractivity contribution in [1.29, 1.82) is 0 Å². The van der Waals surface area contributed by atoms with Crippen LogP contribution in [0.15, 0.2) is 109 Å². The van der Waals surface area contributed by atoms with E-state index in [4.69, 9.17) is 18.5 Å². The minimum atomic E-state index is -4.67. The normalized spacial score (nSPS) is 15.1. The highest BCUT2D eigenvalue weighted by Crippen LogP contribution is 2.38. The van der Waals surface area contributed by atoms with Crippen molar-refractivity contribution in [2.75, 3.05) is 47.5 Å². The quantitative estimate of drug-likeness (QED) is 0.0160. The molecule has 0 fully saturated rings. The van der Waals surface area contributed by atoms with Gasteiger partial charge in [-0.05, 0) is 83.5 Å². The lowest BCUT2D eigenvalue weighted by Crippen LogP contribution is -2.37. The molecule has 1 N–H and O–H groups in total. The maximum Gasteiger partial charge on any atom is 0.306 e. The summed E-state index contributed by atoms with van der Waals surface area (Å²) < 4.78 is 33.8. The number of allylic oxidation sites excluding steroid dienone is 16. The van der Waals surface area contributed by atoms with Gasteiger partial charge in [-0.15, -0.1) is 0 Å². The molecular formula is C50H82NO9P. The van der Waals surface area contributed by atoms with Gasteiger partial charge in [0.2, 0.25) is 0 Å². The zero-order chi connectivity index (χ0) is 45.1. The van der Waals surface area contributed by atoms with Crippen molar-refractivity contribution in [3.63, 3.8) is 0 Å². The molecule has 0 amide bonds. The van der Waals surface area contributed by atoms with E-state index >= 15 is 0 Å². The van der Waals surface area contributed by atoms with Crippen LogP contribution in [0.5, 0.6) is 0 Å². The summed E-state index contributed by atoms with van der Waals surface area (Å²) in [7, 11) is 1.05. The van der Waals surface area contributed by atoms with Crippen LogP contribution < -0.4 is 4.89 Å². The third kappa shape index (κ3) is 44.5. The molecule has 0 aromatic heterocycles. The lowest BCUT2D eigenvalue weighted by atomic mass is 10.1. The third-order valence-corrected chi connectivity index (χ3v) is 9.83. The summed E-state index contributed by atoms with van der Waals surface area (Å²) in [6, 6.07) is 0. The Bertz CT molecular complexity index is 1420. The lowest BCUT2D eigenvalue weighted by molar-refractivity contribution is -0.870. The fourth-order valence-corrected chi connectivity index (χ4v) is 6.03. The first-order valence-corrected chi connectivity index (χ1v) is 24.2. The summed E-state index contributed by atoms with van der Waals surface area (Å²) in [6.45, 7) is 3.86. The first kappa shape index (κ1) is 57.6. The summed E-state index contributed by atoms with van der Waals surface area (Å²) >= 11 is 0. The molecule has 346 valence electrons. The van der Waals surface area contributed by atoms with E-state index in [2.05, 4.69) is 68.5 Å². The number of hydrogen-bond donors (Lipinski definition) is 1. The van der Waals surface area contributed by atoms with Crippen molar-refractivity contribution in [2.45, 2.75) is 148 Å². The van der Waals surface area contributed by atoms with Crippen molar-refractivity contribution in [3.05, 3.63) is 109 Å². The van der Waals surface area contributed by atoms with Crippen molar-refractivity contribution in [3.8, 4) is 0 Å². The van der Waals surface area contributed by atoms with Crippen molar-refractivity contribution in [1.82, 2.24) is 0 Å². The predicted molar refractivity (Wildman–Crippen MR) is 251 cm³/mol. The Hall–Kier alpha value is -3.37. The number of aliphatic hydroxyl groups excluding tert-OH is 1. The number of hydrogen-bond acceptors (Lipinski definition) is 9. The Morgan fingerprint density at radius 1 is 0.623 bits per heavy atom. The molecule has 0 bridgehead atoms. The minimum absolute atomic E-state index is 0.0641. The molecule has 0 rings (SSSR count). The molecule has 11 heteroatoms. The van der Waals surface area contributed by atoms with Crippen LogP contribution in [0.2, 0.25) is 0 Å². The van der Waals surface area contributed by atoms with Crippen LogP contribution in [0, 0.1) is 0 Å². The highest BCUT2D eigenvalue weighted by Gasteiger charge is 2.21. The van der Waals surface area contributed by atoms with Gasteiger partial charge in [0.1, 0.15) is 19.8 Å². The average Bonchev–Trinajstić information content (AvgIpc) is 3.21. The van der Waals surface area contributed by atoms with E-state index in [1.54, 1.807) is 6.08 Å². The molecule has 0 radical (unpaired) electrons. The number of ether oxygens (including phenoxy) is 2. The molecule has 0 aromatic carbocycles. The van der Waals surface area contributed by atoms with Crippen molar-refractivity contribution < 1.29 is 47.2 Å². The van der Waals surface area contributed by atoms with Gasteiger partial charge in [-0.2, -0.15) is 0 Å². The number of likely N-dealkylation sites (N-methyl/N-ethyl adjacent to an activating group) is 1. The van der Waals surface area contributed by atoms with Gasteiger partial charge < -0.3 is 33.0 Å². The maximum absolute atomic E-state index is 12.7. The first-order chi connectivity index (χ1) is 29.4. The molecule has 0 aliphatic heterocycles. The standard InChI is InChI=1S/C50H82NO9P/c1-6-8-10-12-14-15-16-17-18-19-20-21-22-26-29-33-37-41-49(53)57-45-48(46-59-61(55,56)58-44-43-51(3,4)5)60-50(54)42-38-34-30-27-24-23-25-28-32-36-40-47(52)39-35-31-13-11-9-7-2/h9,11,14-15,17-18,20-21,23-24,28,30-32,34-36,40,47-48,52H,6-8,10,12-13,16,19,22,25-27,29,33,37-39,41-46H2,1-5H3/b11-9-,15-14-,18-17-,21-20-,24-23-,32-28-,34-30-,35-31-,40-36+/t47?,48-/m1/s1. The summed E-state index contributed by atoms with van der Waals surface area (Å²) in [5, 5.41) is 10.0. The third-order valence-electron chi connectivity index (χ3n) is 8.87. The van der Waals surface area contributed by atoms with Gasteiger partial charge in [0.05, 0.1) is 33.9 Å². The topological polar surface area (TPSA) is 131 Å². The number of phosphoric acid groups is 1. The van der Waals surface area contributed by atoms with Crippen molar-refractivity contribution in [2.24, 2.45) is 0 Å². The van der Waals surface area contributed by atoms with E-state index < -0.39 is 38.6 Å². The first-order valence-electron chi connectivity index (χ1n) is 22.7. The van der Waals surface area contributed by atoms with Gasteiger partial charge in [0, 0.05) is 12.8 Å². The molecule has 0 saturated heterocycles. The Balaban J connectivity index is 4.60.